The van der Waals surface area contributed by atoms with Gasteiger partial charge in [-0.1, -0.05) is 12.1 Å². The van der Waals surface area contributed by atoms with E-state index in [1.807, 2.05) is 0 Å². The van der Waals surface area contributed by atoms with Crippen LogP contribution in [0.25, 0.3) is 5.76 Å². The second-order valence-electron chi connectivity index (χ2n) is 7.65. The number of phenols is 1. The van der Waals surface area contributed by atoms with Gasteiger partial charge in [0.15, 0.2) is 11.4 Å². The number of carbonyl (C=O) groups is 3. The molecule has 1 aromatic carbocycles. The van der Waals surface area contributed by atoms with Crippen molar-refractivity contribution in [2.24, 2.45) is 17.1 Å². The summed E-state index contributed by atoms with van der Waals surface area (Å²) < 4.78 is 0. The Bertz CT molecular complexity index is 936. The molecule has 0 radical (unpaired) electrons. The van der Waals surface area contributed by atoms with Crippen molar-refractivity contribution in [1.82, 2.24) is 0 Å². The van der Waals surface area contributed by atoms with Crippen molar-refractivity contribution in [3.05, 3.63) is 34.9 Å². The average molecular weight is 373 g/mol. The zero-order chi connectivity index (χ0) is 19.7. The Labute approximate surface area is 153 Å². The fraction of sp³-hybridized carbons (Fsp3) is 0.421. The lowest BCUT2D eigenvalue weighted by atomic mass is 9.50. The van der Waals surface area contributed by atoms with Crippen molar-refractivity contribution >= 4 is 23.2 Å². The first-order valence-corrected chi connectivity index (χ1v) is 8.66. The predicted molar refractivity (Wildman–Crippen MR) is 91.3 cm³/mol. The maximum atomic E-state index is 13.2. The molecule has 3 aliphatic carbocycles. The van der Waals surface area contributed by atoms with E-state index in [2.05, 4.69) is 0 Å². The molecule has 0 heterocycles. The average Bonchev–Trinajstić information content (AvgIpc) is 2.57. The zero-order valence-electron chi connectivity index (χ0n) is 14.3. The van der Waals surface area contributed by atoms with Crippen LogP contribution in [0.1, 0.15) is 30.4 Å². The van der Waals surface area contributed by atoms with Crippen LogP contribution in [-0.2, 0) is 20.8 Å². The molecule has 8 heteroatoms. The van der Waals surface area contributed by atoms with Gasteiger partial charge in [-0.05, 0) is 36.8 Å². The van der Waals surface area contributed by atoms with Gasteiger partial charge in [-0.2, -0.15) is 0 Å². The van der Waals surface area contributed by atoms with Crippen molar-refractivity contribution in [3.63, 3.8) is 0 Å². The third kappa shape index (κ3) is 2.02. The third-order valence-corrected chi connectivity index (χ3v) is 6.24. The number of hydrogen-bond donors (Lipinski definition) is 5. The van der Waals surface area contributed by atoms with E-state index in [1.54, 1.807) is 12.1 Å². The number of phenolic OH excluding ortho intramolecular Hbond substituents is 1. The molecular formula is C19H19NO7. The summed E-state index contributed by atoms with van der Waals surface area (Å²) >= 11 is 0. The summed E-state index contributed by atoms with van der Waals surface area (Å²) in [4.78, 5) is 38.1. The van der Waals surface area contributed by atoms with E-state index in [0.29, 0.717) is 5.56 Å². The highest BCUT2D eigenvalue weighted by Gasteiger charge is 2.70. The molecule has 0 aromatic heterocycles. The lowest BCUT2D eigenvalue weighted by molar-refractivity contribution is -0.188. The Kier molecular flexibility index (Phi) is 3.54. The smallest absolute Gasteiger partial charge is 0.227 e. The number of carbonyl (C=O) groups excluding carboxylic acids is 3. The highest BCUT2D eigenvalue weighted by atomic mass is 16.3. The summed E-state index contributed by atoms with van der Waals surface area (Å²) in [5.74, 6) is -4.53. The molecule has 1 amide bonds. The molecule has 27 heavy (non-hydrogen) atoms. The number of nitrogens with two attached hydrogens (primary N) is 1. The highest BCUT2D eigenvalue weighted by molar-refractivity contribution is 6.24. The Morgan fingerprint density at radius 1 is 1.15 bits per heavy atom. The summed E-state index contributed by atoms with van der Waals surface area (Å²) in [7, 11) is 0. The lowest BCUT2D eigenvalue weighted by Crippen LogP contribution is -2.71. The maximum Gasteiger partial charge on any atom is 0.227 e. The molecule has 0 saturated heterocycles. The van der Waals surface area contributed by atoms with Gasteiger partial charge in [-0.3, -0.25) is 14.4 Å². The van der Waals surface area contributed by atoms with Crippen molar-refractivity contribution in [3.8, 4) is 5.75 Å². The fourth-order valence-electron chi connectivity index (χ4n) is 5.01. The number of benzene rings is 1. The van der Waals surface area contributed by atoms with Crippen LogP contribution in [0.4, 0.5) is 0 Å². The van der Waals surface area contributed by atoms with E-state index in [9.17, 15) is 34.8 Å². The molecule has 3 aliphatic rings. The van der Waals surface area contributed by atoms with E-state index >= 15 is 0 Å². The molecule has 2 saturated carbocycles. The normalized spacial score (nSPS) is 35.3. The molecule has 4 rings (SSSR count). The number of rotatable bonds is 1. The van der Waals surface area contributed by atoms with Gasteiger partial charge in [0.2, 0.25) is 11.7 Å². The predicted octanol–water partition coefficient (Wildman–Crippen LogP) is -0.267. The highest BCUT2D eigenvalue weighted by Crippen LogP contribution is 2.56. The van der Waals surface area contributed by atoms with E-state index in [-0.39, 0.29) is 36.1 Å². The molecule has 6 N–H and O–H groups in total. The van der Waals surface area contributed by atoms with Crippen LogP contribution in [0, 0.1) is 11.3 Å². The first-order valence-electron chi connectivity index (χ1n) is 8.66. The van der Waals surface area contributed by atoms with Gasteiger partial charge in [0.1, 0.15) is 11.5 Å². The Morgan fingerprint density at radius 2 is 1.85 bits per heavy atom. The fourth-order valence-corrected chi connectivity index (χ4v) is 5.01. The minimum absolute atomic E-state index is 0.0792. The molecule has 8 nitrogen and oxygen atoms in total. The van der Waals surface area contributed by atoms with E-state index in [4.69, 9.17) is 5.73 Å². The number of aromatic hydroxyl groups is 1. The monoisotopic (exact) mass is 373 g/mol. The minimum atomic E-state index is -2.74. The quantitative estimate of drug-likeness (QED) is 0.424. The van der Waals surface area contributed by atoms with Crippen molar-refractivity contribution < 1.29 is 34.8 Å². The van der Waals surface area contributed by atoms with Crippen molar-refractivity contribution in [1.29, 1.82) is 0 Å². The van der Waals surface area contributed by atoms with Crippen LogP contribution in [0.15, 0.2) is 23.8 Å². The Morgan fingerprint density at radius 3 is 2.52 bits per heavy atom. The van der Waals surface area contributed by atoms with Gasteiger partial charge < -0.3 is 26.2 Å². The van der Waals surface area contributed by atoms with E-state index < -0.39 is 52.7 Å². The number of primary amides is 1. The lowest BCUT2D eigenvalue weighted by Gasteiger charge is -2.53. The standard InChI is InChI=1S/C19H19NO7/c20-17(26)18-6-9-4-8-2-1-3-11(22)13(8)15(24)14(9)16(25)19(18,27)12(23)5-10(21)7-18/h1-3,9-10,21-22,24,27H,4-7H2,(H2,20,26). The molecular weight excluding hydrogens is 354 g/mol. The SMILES string of the molecule is NC(=O)C12CC(O)CC(=O)C1(O)C(=O)C1=C(O)c3c(O)cccc3CC1C2. The molecule has 142 valence electrons. The van der Waals surface area contributed by atoms with Crippen LogP contribution >= 0.6 is 0 Å². The second-order valence-corrected chi connectivity index (χ2v) is 7.65. The van der Waals surface area contributed by atoms with Gasteiger partial charge in [0.05, 0.1) is 17.1 Å². The summed E-state index contributed by atoms with van der Waals surface area (Å²) in [6.07, 6.45) is -1.95. The molecule has 0 bridgehead atoms. The maximum absolute atomic E-state index is 13.2. The van der Waals surface area contributed by atoms with Gasteiger partial charge >= 0.3 is 0 Å². The Hall–Kier alpha value is -2.71. The third-order valence-electron chi connectivity index (χ3n) is 6.24. The molecule has 2 fully saturated rings. The number of amides is 1. The summed E-state index contributed by atoms with van der Waals surface area (Å²) in [6.45, 7) is 0. The number of ketones is 2. The largest absolute Gasteiger partial charge is 0.507 e. The number of hydrogen-bond acceptors (Lipinski definition) is 7. The number of Topliss-reactive ketones (excluding diaryl/α,β-unsaturated/α-hetero) is 2. The first kappa shape index (κ1) is 17.7. The first-order chi connectivity index (χ1) is 12.6. The molecule has 0 aliphatic heterocycles. The molecule has 0 spiro atoms. The Balaban J connectivity index is 1.97. The van der Waals surface area contributed by atoms with Crippen molar-refractivity contribution in [2.75, 3.05) is 0 Å². The second kappa shape index (κ2) is 5.40. The van der Waals surface area contributed by atoms with Crippen LogP contribution < -0.4 is 5.73 Å². The number of aliphatic hydroxyl groups is 3. The number of fused-ring (bicyclic) bond motifs is 3. The van der Waals surface area contributed by atoms with Crippen LogP contribution in [-0.4, -0.2) is 49.6 Å². The van der Waals surface area contributed by atoms with Gasteiger partial charge in [-0.25, -0.2) is 0 Å². The topological polar surface area (TPSA) is 158 Å². The van der Waals surface area contributed by atoms with E-state index in [0.717, 1.165) is 0 Å². The summed E-state index contributed by atoms with van der Waals surface area (Å²) in [5.41, 5.74) is 1.31. The van der Waals surface area contributed by atoms with Crippen LogP contribution in [0.2, 0.25) is 0 Å². The van der Waals surface area contributed by atoms with Gasteiger partial charge in [0.25, 0.3) is 0 Å². The van der Waals surface area contributed by atoms with Crippen LogP contribution in [0.5, 0.6) is 5.75 Å². The number of aliphatic hydroxyl groups excluding tert-OH is 2. The van der Waals surface area contributed by atoms with E-state index in [1.165, 1.54) is 6.07 Å². The summed E-state index contributed by atoms with van der Waals surface area (Å²) in [6, 6.07) is 4.62. The van der Waals surface area contributed by atoms with Crippen molar-refractivity contribution in [2.45, 2.75) is 37.4 Å². The zero-order valence-corrected chi connectivity index (χ0v) is 14.3. The summed E-state index contributed by atoms with van der Waals surface area (Å²) in [5, 5.41) is 41.9. The molecule has 4 unspecified atom stereocenters. The molecule has 1 aromatic rings. The van der Waals surface area contributed by atoms with Crippen LogP contribution in [0.3, 0.4) is 0 Å². The molecule has 4 atom stereocenters. The van der Waals surface area contributed by atoms with Gasteiger partial charge in [-0.15, -0.1) is 0 Å². The van der Waals surface area contributed by atoms with Gasteiger partial charge in [0, 0.05) is 12.0 Å². The minimum Gasteiger partial charge on any atom is -0.507 e.